The van der Waals surface area contributed by atoms with Gasteiger partial charge in [0.25, 0.3) is 5.91 Å². The third-order valence-electron chi connectivity index (χ3n) is 6.38. The van der Waals surface area contributed by atoms with Crippen molar-refractivity contribution in [3.63, 3.8) is 0 Å². The number of aryl methyl sites for hydroxylation is 1. The van der Waals surface area contributed by atoms with Crippen LogP contribution in [0.15, 0.2) is 6.07 Å². The lowest BCUT2D eigenvalue weighted by atomic mass is 10.2. The Kier molecular flexibility index (Phi) is 5.15. The third kappa shape index (κ3) is 3.85. The standard InChI is InChI=1S/C21H32N4O2/c1-15-14-19(16(2)25(15)18-8-9-18)20(26)23-10-5-11-24(13-12-23)21(27)22-17-6-3-4-7-17/h14,17-18H,3-13H2,1-2H3,(H,22,27). The second kappa shape index (κ2) is 7.56. The number of nitrogens with one attached hydrogen (secondary N) is 1. The Hall–Kier alpha value is -1.98. The molecule has 148 valence electrons. The average molecular weight is 373 g/mol. The first-order valence-electron chi connectivity index (χ1n) is 10.6. The average Bonchev–Trinajstić information content (AvgIpc) is 3.33. The Morgan fingerprint density at radius 1 is 0.926 bits per heavy atom. The maximum absolute atomic E-state index is 13.1. The molecule has 6 heteroatoms. The second-order valence-corrected chi connectivity index (χ2v) is 8.45. The van der Waals surface area contributed by atoms with Crippen LogP contribution in [0.5, 0.6) is 0 Å². The van der Waals surface area contributed by atoms with Gasteiger partial charge in [-0.25, -0.2) is 4.79 Å². The molecule has 3 fully saturated rings. The van der Waals surface area contributed by atoms with Crippen LogP contribution in [0.2, 0.25) is 0 Å². The summed E-state index contributed by atoms with van der Waals surface area (Å²) in [5, 5.41) is 3.17. The van der Waals surface area contributed by atoms with E-state index in [1.165, 1.54) is 31.4 Å². The molecule has 1 aliphatic heterocycles. The summed E-state index contributed by atoms with van der Waals surface area (Å²) in [5.41, 5.74) is 3.12. The monoisotopic (exact) mass is 372 g/mol. The summed E-state index contributed by atoms with van der Waals surface area (Å²) in [6.07, 6.45) is 7.91. The summed E-state index contributed by atoms with van der Waals surface area (Å²) in [6.45, 7) is 6.84. The molecule has 0 aromatic carbocycles. The number of carbonyl (C=O) groups excluding carboxylic acids is 2. The maximum atomic E-state index is 13.1. The summed E-state index contributed by atoms with van der Waals surface area (Å²) in [6, 6.07) is 3.02. The molecule has 1 aromatic heterocycles. The van der Waals surface area contributed by atoms with Crippen molar-refractivity contribution in [1.29, 1.82) is 0 Å². The van der Waals surface area contributed by atoms with Crippen LogP contribution >= 0.6 is 0 Å². The molecule has 1 aromatic rings. The number of rotatable bonds is 3. The summed E-state index contributed by atoms with van der Waals surface area (Å²) in [7, 11) is 0. The van der Waals surface area contributed by atoms with E-state index in [2.05, 4.69) is 23.7 Å². The Labute approximate surface area is 161 Å². The fraction of sp³-hybridized carbons (Fsp3) is 0.714. The van der Waals surface area contributed by atoms with Crippen molar-refractivity contribution < 1.29 is 9.59 Å². The van der Waals surface area contributed by atoms with E-state index in [4.69, 9.17) is 0 Å². The highest BCUT2D eigenvalue weighted by Crippen LogP contribution is 2.38. The van der Waals surface area contributed by atoms with Crippen molar-refractivity contribution in [2.24, 2.45) is 0 Å². The fourth-order valence-corrected chi connectivity index (χ4v) is 4.72. The molecular weight excluding hydrogens is 340 g/mol. The highest BCUT2D eigenvalue weighted by molar-refractivity contribution is 5.95. The molecule has 0 radical (unpaired) electrons. The van der Waals surface area contributed by atoms with Crippen molar-refractivity contribution in [3.8, 4) is 0 Å². The Morgan fingerprint density at radius 3 is 2.30 bits per heavy atom. The SMILES string of the molecule is Cc1cc(C(=O)N2CCCN(C(=O)NC3CCCC3)CC2)c(C)n1C1CC1. The lowest BCUT2D eigenvalue weighted by Gasteiger charge is -2.24. The third-order valence-corrected chi connectivity index (χ3v) is 6.38. The van der Waals surface area contributed by atoms with Gasteiger partial charge in [0, 0.05) is 49.7 Å². The quantitative estimate of drug-likeness (QED) is 0.885. The van der Waals surface area contributed by atoms with Crippen LogP contribution in [0.3, 0.4) is 0 Å². The maximum Gasteiger partial charge on any atom is 0.317 e. The molecule has 2 heterocycles. The van der Waals surface area contributed by atoms with Gasteiger partial charge in [-0.2, -0.15) is 0 Å². The molecule has 1 N–H and O–H groups in total. The first kappa shape index (κ1) is 18.4. The van der Waals surface area contributed by atoms with E-state index in [1.54, 1.807) is 0 Å². The lowest BCUT2D eigenvalue weighted by Crippen LogP contribution is -2.45. The highest BCUT2D eigenvalue weighted by Gasteiger charge is 2.30. The number of amides is 3. The predicted octanol–water partition coefficient (Wildman–Crippen LogP) is 3.24. The van der Waals surface area contributed by atoms with Gasteiger partial charge >= 0.3 is 6.03 Å². The van der Waals surface area contributed by atoms with Gasteiger partial charge in [-0.05, 0) is 52.0 Å². The predicted molar refractivity (Wildman–Crippen MR) is 105 cm³/mol. The molecule has 3 amide bonds. The van der Waals surface area contributed by atoms with Crippen LogP contribution in [-0.2, 0) is 0 Å². The number of hydrogen-bond acceptors (Lipinski definition) is 2. The number of hydrogen-bond donors (Lipinski definition) is 1. The van der Waals surface area contributed by atoms with Crippen LogP contribution in [-0.4, -0.2) is 58.5 Å². The van der Waals surface area contributed by atoms with Crippen molar-refractivity contribution in [2.45, 2.75) is 70.9 Å². The molecule has 0 bridgehead atoms. The normalized spacial score (nSPS) is 21.4. The highest BCUT2D eigenvalue weighted by atomic mass is 16.2. The molecular formula is C21H32N4O2. The zero-order valence-electron chi connectivity index (χ0n) is 16.7. The molecule has 1 saturated heterocycles. The van der Waals surface area contributed by atoms with Gasteiger partial charge < -0.3 is 19.7 Å². The van der Waals surface area contributed by atoms with Crippen molar-refractivity contribution in [2.75, 3.05) is 26.2 Å². The minimum Gasteiger partial charge on any atom is -0.345 e. The second-order valence-electron chi connectivity index (χ2n) is 8.45. The minimum atomic E-state index is 0.0445. The van der Waals surface area contributed by atoms with Crippen LogP contribution in [0.1, 0.15) is 72.7 Å². The Balaban J connectivity index is 1.38. The first-order chi connectivity index (χ1) is 13.0. The van der Waals surface area contributed by atoms with E-state index in [1.807, 2.05) is 15.9 Å². The van der Waals surface area contributed by atoms with Crippen molar-refractivity contribution in [1.82, 2.24) is 19.7 Å². The Morgan fingerprint density at radius 2 is 1.59 bits per heavy atom. The smallest absolute Gasteiger partial charge is 0.317 e. The number of aromatic nitrogens is 1. The number of carbonyl (C=O) groups is 2. The zero-order valence-corrected chi connectivity index (χ0v) is 16.7. The molecule has 2 aliphatic carbocycles. The van der Waals surface area contributed by atoms with Crippen molar-refractivity contribution in [3.05, 3.63) is 23.0 Å². The lowest BCUT2D eigenvalue weighted by molar-refractivity contribution is 0.0761. The van der Waals surface area contributed by atoms with E-state index in [-0.39, 0.29) is 11.9 Å². The fourth-order valence-electron chi connectivity index (χ4n) is 4.72. The molecule has 0 spiro atoms. The first-order valence-corrected chi connectivity index (χ1v) is 10.6. The van der Waals surface area contributed by atoms with Crippen LogP contribution in [0, 0.1) is 13.8 Å². The number of urea groups is 1. The van der Waals surface area contributed by atoms with E-state index in [9.17, 15) is 9.59 Å². The molecule has 2 saturated carbocycles. The van der Waals surface area contributed by atoms with Gasteiger partial charge in [-0.15, -0.1) is 0 Å². The van der Waals surface area contributed by atoms with Crippen molar-refractivity contribution >= 4 is 11.9 Å². The van der Waals surface area contributed by atoms with Crippen LogP contribution in [0.4, 0.5) is 4.79 Å². The molecule has 0 unspecified atom stereocenters. The number of nitrogens with zero attached hydrogens (tertiary/aromatic N) is 3. The summed E-state index contributed by atoms with van der Waals surface area (Å²) in [5.74, 6) is 0.119. The van der Waals surface area contributed by atoms with Gasteiger partial charge in [-0.1, -0.05) is 12.8 Å². The topological polar surface area (TPSA) is 57.6 Å². The van der Waals surface area contributed by atoms with E-state index in [0.717, 1.165) is 43.6 Å². The molecule has 4 rings (SSSR count). The van der Waals surface area contributed by atoms with Gasteiger partial charge in [0.2, 0.25) is 0 Å². The summed E-state index contributed by atoms with van der Waals surface area (Å²) in [4.78, 5) is 29.5. The Bertz CT molecular complexity index is 716. The van der Waals surface area contributed by atoms with E-state index >= 15 is 0 Å². The van der Waals surface area contributed by atoms with Gasteiger partial charge in [-0.3, -0.25) is 4.79 Å². The van der Waals surface area contributed by atoms with Gasteiger partial charge in [0.1, 0.15) is 0 Å². The molecule has 27 heavy (non-hydrogen) atoms. The van der Waals surface area contributed by atoms with Crippen LogP contribution < -0.4 is 5.32 Å². The molecule has 6 nitrogen and oxygen atoms in total. The van der Waals surface area contributed by atoms with E-state index < -0.39 is 0 Å². The summed E-state index contributed by atoms with van der Waals surface area (Å²) < 4.78 is 2.33. The molecule has 3 aliphatic rings. The molecule has 0 atom stereocenters. The van der Waals surface area contributed by atoms with Gasteiger partial charge in [0.15, 0.2) is 0 Å². The van der Waals surface area contributed by atoms with Gasteiger partial charge in [0.05, 0.1) is 5.56 Å². The largest absolute Gasteiger partial charge is 0.345 e. The van der Waals surface area contributed by atoms with E-state index in [0.29, 0.717) is 25.2 Å². The van der Waals surface area contributed by atoms with Crippen LogP contribution in [0.25, 0.3) is 0 Å². The zero-order chi connectivity index (χ0) is 19.0. The summed E-state index contributed by atoms with van der Waals surface area (Å²) >= 11 is 0. The minimum absolute atomic E-state index is 0.0445.